The zero-order valence-corrected chi connectivity index (χ0v) is 11.9. The van der Waals surface area contributed by atoms with Crippen LogP contribution in [-0.2, 0) is 23.7 Å². The molecule has 1 aliphatic rings. The highest BCUT2D eigenvalue weighted by atomic mass is 16.5. The van der Waals surface area contributed by atoms with Gasteiger partial charge in [0.25, 0.3) is 0 Å². The zero-order chi connectivity index (χ0) is 13.9. The van der Waals surface area contributed by atoms with E-state index >= 15 is 0 Å². The highest BCUT2D eigenvalue weighted by molar-refractivity contribution is 5.75. The van der Waals surface area contributed by atoms with Gasteiger partial charge in [0.1, 0.15) is 6.04 Å². The van der Waals surface area contributed by atoms with Crippen molar-refractivity contribution < 1.29 is 23.7 Å². The number of carbonyl (C=O) groups is 1. The molecule has 6 nitrogen and oxygen atoms in total. The SMILES string of the molecule is COCCOCCCOCC(NC1CC1)C(=O)OC. The van der Waals surface area contributed by atoms with Gasteiger partial charge in [-0.15, -0.1) is 0 Å². The van der Waals surface area contributed by atoms with Crippen LogP contribution in [0.25, 0.3) is 0 Å². The average Bonchev–Trinajstić information content (AvgIpc) is 3.23. The Hall–Kier alpha value is -0.690. The minimum Gasteiger partial charge on any atom is -0.468 e. The van der Waals surface area contributed by atoms with Crippen LogP contribution in [0.1, 0.15) is 19.3 Å². The van der Waals surface area contributed by atoms with Gasteiger partial charge >= 0.3 is 5.97 Å². The molecule has 1 unspecified atom stereocenters. The number of hydrogen-bond donors (Lipinski definition) is 1. The maximum absolute atomic E-state index is 11.5. The normalized spacial score (nSPS) is 16.3. The first-order valence-corrected chi connectivity index (χ1v) is 6.76. The number of nitrogens with one attached hydrogen (secondary N) is 1. The lowest BCUT2D eigenvalue weighted by Crippen LogP contribution is -2.42. The molecule has 1 rings (SSSR count). The highest BCUT2D eigenvalue weighted by Gasteiger charge is 2.28. The summed E-state index contributed by atoms with van der Waals surface area (Å²) in [6.45, 7) is 2.78. The molecule has 1 fully saturated rings. The first kappa shape index (κ1) is 16.4. The first-order valence-electron chi connectivity index (χ1n) is 6.76. The molecule has 0 bridgehead atoms. The molecule has 0 aromatic heterocycles. The predicted octanol–water partition coefficient (Wildman–Crippen LogP) is 0.350. The van der Waals surface area contributed by atoms with Crippen molar-refractivity contribution in [2.45, 2.75) is 31.3 Å². The Morgan fingerprint density at radius 2 is 1.89 bits per heavy atom. The van der Waals surface area contributed by atoms with E-state index in [0.29, 0.717) is 39.1 Å². The lowest BCUT2D eigenvalue weighted by Gasteiger charge is -2.16. The molecule has 19 heavy (non-hydrogen) atoms. The van der Waals surface area contributed by atoms with E-state index in [-0.39, 0.29) is 12.0 Å². The van der Waals surface area contributed by atoms with Crippen LogP contribution in [0.3, 0.4) is 0 Å². The number of rotatable bonds is 12. The van der Waals surface area contributed by atoms with E-state index in [2.05, 4.69) is 5.32 Å². The van der Waals surface area contributed by atoms with Gasteiger partial charge in [-0.1, -0.05) is 0 Å². The Morgan fingerprint density at radius 1 is 1.16 bits per heavy atom. The minimum absolute atomic E-state index is 0.261. The van der Waals surface area contributed by atoms with Crippen molar-refractivity contribution in [2.24, 2.45) is 0 Å². The molecule has 6 heteroatoms. The maximum Gasteiger partial charge on any atom is 0.325 e. The van der Waals surface area contributed by atoms with Crippen LogP contribution in [0.2, 0.25) is 0 Å². The second kappa shape index (κ2) is 10.1. The summed E-state index contributed by atoms with van der Waals surface area (Å²) in [5.74, 6) is -0.261. The Balaban J connectivity index is 1.99. The van der Waals surface area contributed by atoms with Crippen LogP contribution in [-0.4, -0.2) is 65.3 Å². The van der Waals surface area contributed by atoms with Gasteiger partial charge in [-0.2, -0.15) is 0 Å². The lowest BCUT2D eigenvalue weighted by molar-refractivity contribution is -0.144. The molecule has 1 atom stereocenters. The molecule has 0 radical (unpaired) electrons. The number of ether oxygens (including phenoxy) is 4. The van der Waals surface area contributed by atoms with E-state index in [0.717, 1.165) is 19.3 Å². The summed E-state index contributed by atoms with van der Waals surface area (Å²) in [5, 5.41) is 3.21. The number of carbonyl (C=O) groups excluding carboxylic acids is 1. The number of methoxy groups -OCH3 is 2. The van der Waals surface area contributed by atoms with Crippen molar-refractivity contribution in [2.75, 3.05) is 47.3 Å². The summed E-state index contributed by atoms with van der Waals surface area (Å²) in [6, 6.07) is 0.0944. The molecule has 1 aliphatic carbocycles. The van der Waals surface area contributed by atoms with Gasteiger partial charge in [-0.05, 0) is 19.3 Å². The van der Waals surface area contributed by atoms with E-state index in [1.807, 2.05) is 0 Å². The summed E-state index contributed by atoms with van der Waals surface area (Å²) < 4.78 is 20.4. The van der Waals surface area contributed by atoms with Crippen LogP contribution >= 0.6 is 0 Å². The third-order valence-corrected chi connectivity index (χ3v) is 2.79. The largest absolute Gasteiger partial charge is 0.468 e. The quantitative estimate of drug-likeness (QED) is 0.409. The molecular formula is C13H25NO5. The van der Waals surface area contributed by atoms with Crippen molar-refractivity contribution in [3.05, 3.63) is 0 Å². The summed E-state index contributed by atoms with van der Waals surface area (Å²) in [6.07, 6.45) is 3.06. The van der Waals surface area contributed by atoms with Crippen LogP contribution in [0.5, 0.6) is 0 Å². The highest BCUT2D eigenvalue weighted by Crippen LogP contribution is 2.19. The van der Waals surface area contributed by atoms with Crippen LogP contribution < -0.4 is 5.32 Å². The second-order valence-electron chi connectivity index (χ2n) is 4.55. The molecule has 0 saturated heterocycles. The molecule has 0 amide bonds. The van der Waals surface area contributed by atoms with Crippen LogP contribution in [0, 0.1) is 0 Å². The molecule has 112 valence electrons. The summed E-state index contributed by atoms with van der Waals surface area (Å²) in [5.41, 5.74) is 0. The topological polar surface area (TPSA) is 66.0 Å². The predicted molar refractivity (Wildman–Crippen MR) is 70.1 cm³/mol. The number of esters is 1. The van der Waals surface area contributed by atoms with Crippen molar-refractivity contribution in [3.8, 4) is 0 Å². The zero-order valence-electron chi connectivity index (χ0n) is 11.9. The molecular weight excluding hydrogens is 250 g/mol. The van der Waals surface area contributed by atoms with E-state index in [1.165, 1.54) is 7.11 Å². The summed E-state index contributed by atoms with van der Waals surface area (Å²) >= 11 is 0. The minimum atomic E-state index is -0.355. The third kappa shape index (κ3) is 8.15. The van der Waals surface area contributed by atoms with Gasteiger partial charge in [0.2, 0.25) is 0 Å². The summed E-state index contributed by atoms with van der Waals surface area (Å²) in [7, 11) is 3.04. The summed E-state index contributed by atoms with van der Waals surface area (Å²) in [4.78, 5) is 11.5. The van der Waals surface area contributed by atoms with Crippen molar-refractivity contribution >= 4 is 5.97 Å². The van der Waals surface area contributed by atoms with E-state index in [9.17, 15) is 4.79 Å². The van der Waals surface area contributed by atoms with Crippen molar-refractivity contribution in [1.29, 1.82) is 0 Å². The van der Waals surface area contributed by atoms with Gasteiger partial charge in [0, 0.05) is 26.4 Å². The molecule has 0 heterocycles. The molecule has 1 N–H and O–H groups in total. The van der Waals surface area contributed by atoms with Gasteiger partial charge in [0.05, 0.1) is 26.9 Å². The van der Waals surface area contributed by atoms with Gasteiger partial charge in [0.15, 0.2) is 0 Å². The second-order valence-corrected chi connectivity index (χ2v) is 4.55. The third-order valence-electron chi connectivity index (χ3n) is 2.79. The molecule has 0 spiro atoms. The fraction of sp³-hybridized carbons (Fsp3) is 0.923. The van der Waals surface area contributed by atoms with Gasteiger partial charge in [-0.3, -0.25) is 10.1 Å². The molecule has 0 aliphatic heterocycles. The average molecular weight is 275 g/mol. The first-order chi connectivity index (χ1) is 9.27. The van der Waals surface area contributed by atoms with Crippen molar-refractivity contribution in [1.82, 2.24) is 5.32 Å². The Morgan fingerprint density at radius 3 is 2.53 bits per heavy atom. The fourth-order valence-corrected chi connectivity index (χ4v) is 1.57. The fourth-order valence-electron chi connectivity index (χ4n) is 1.57. The van der Waals surface area contributed by atoms with Crippen LogP contribution in [0.15, 0.2) is 0 Å². The van der Waals surface area contributed by atoms with E-state index in [1.54, 1.807) is 7.11 Å². The van der Waals surface area contributed by atoms with Crippen molar-refractivity contribution in [3.63, 3.8) is 0 Å². The maximum atomic E-state index is 11.5. The molecule has 0 aromatic carbocycles. The molecule has 0 aromatic rings. The lowest BCUT2D eigenvalue weighted by atomic mass is 10.3. The Kier molecular flexibility index (Phi) is 8.73. The molecule has 1 saturated carbocycles. The monoisotopic (exact) mass is 275 g/mol. The Labute approximate surface area is 114 Å². The standard InChI is InChI=1S/C13H25NO5/c1-16-8-9-18-6-3-7-19-10-12(13(15)17-2)14-11-4-5-11/h11-12,14H,3-10H2,1-2H3. The van der Waals surface area contributed by atoms with E-state index in [4.69, 9.17) is 18.9 Å². The van der Waals surface area contributed by atoms with E-state index < -0.39 is 0 Å². The van der Waals surface area contributed by atoms with Gasteiger partial charge < -0.3 is 18.9 Å². The van der Waals surface area contributed by atoms with Gasteiger partial charge in [-0.25, -0.2) is 0 Å². The Bertz CT molecular complexity index is 245. The van der Waals surface area contributed by atoms with Crippen LogP contribution in [0.4, 0.5) is 0 Å². The smallest absolute Gasteiger partial charge is 0.325 e. The number of hydrogen-bond acceptors (Lipinski definition) is 6.